The van der Waals surface area contributed by atoms with Gasteiger partial charge < -0.3 is 15.0 Å². The molecule has 0 fully saturated rings. The van der Waals surface area contributed by atoms with Crippen molar-refractivity contribution in [3.63, 3.8) is 0 Å². The number of nitrogens with two attached hydrogens (primary N) is 1. The van der Waals surface area contributed by atoms with E-state index in [0.717, 1.165) is 0 Å². The van der Waals surface area contributed by atoms with Crippen LogP contribution in [0, 0.1) is 0 Å². The van der Waals surface area contributed by atoms with Gasteiger partial charge in [0.2, 0.25) is 0 Å². The van der Waals surface area contributed by atoms with Gasteiger partial charge in [0.15, 0.2) is 13.6 Å². The Kier molecular flexibility index (Phi) is 15.3. The number of ether oxygens (including phenoxy) is 1. The fourth-order valence-corrected chi connectivity index (χ4v) is 5.93. The second-order valence-corrected chi connectivity index (χ2v) is 10.4. The molecule has 0 spiro atoms. The third-order valence-electron chi connectivity index (χ3n) is 3.79. The van der Waals surface area contributed by atoms with Crippen LogP contribution in [0.1, 0.15) is 61.8 Å². The first kappa shape index (κ1) is 27.2. The van der Waals surface area contributed by atoms with E-state index in [1.165, 1.54) is 11.8 Å². The smallest absolute Gasteiger partial charge is 0.190 e. The second-order valence-electron chi connectivity index (χ2n) is 7.59. The van der Waals surface area contributed by atoms with Gasteiger partial charge in [-0.25, -0.2) is 9.34 Å². The first-order valence-electron chi connectivity index (χ1n) is 10.1. The summed E-state index contributed by atoms with van der Waals surface area (Å²) in [5.74, 6) is 0.668. The van der Waals surface area contributed by atoms with Gasteiger partial charge in [-0.05, 0) is 55.4 Å². The van der Waals surface area contributed by atoms with Gasteiger partial charge in [0.05, 0.1) is 19.8 Å². The van der Waals surface area contributed by atoms with E-state index in [1.807, 2.05) is 0 Å². The fourth-order valence-electron chi connectivity index (χ4n) is 2.92. The average molecular weight is 424 g/mol. The topological polar surface area (TPSA) is 68.0 Å². The van der Waals surface area contributed by atoms with E-state index in [2.05, 4.69) is 64.7 Å². The first-order valence-corrected chi connectivity index (χ1v) is 12.2. The second kappa shape index (κ2) is 15.1. The van der Waals surface area contributed by atoms with Gasteiger partial charge in [-0.1, -0.05) is 11.8 Å². The highest BCUT2D eigenvalue weighted by Crippen LogP contribution is 2.50. The van der Waals surface area contributed by atoms with Crippen LogP contribution in [0.4, 0.5) is 0 Å². The van der Waals surface area contributed by atoms with E-state index >= 15 is 0 Å². The van der Waals surface area contributed by atoms with Crippen LogP contribution in [-0.4, -0.2) is 70.7 Å². The minimum absolute atomic E-state index is 0.134. The summed E-state index contributed by atoms with van der Waals surface area (Å²) in [4.78, 5) is 11.4. The summed E-state index contributed by atoms with van der Waals surface area (Å²) in [6, 6.07) is 1.62. The molecule has 0 heterocycles. The van der Waals surface area contributed by atoms with Gasteiger partial charge in [0, 0.05) is 42.9 Å². The molecule has 0 radical (unpaired) electrons. The molecule has 27 heavy (non-hydrogen) atoms. The summed E-state index contributed by atoms with van der Waals surface area (Å²) in [7, 11) is -0.872. The van der Waals surface area contributed by atoms with Crippen molar-refractivity contribution in [2.75, 3.05) is 32.1 Å². The van der Waals surface area contributed by atoms with Crippen molar-refractivity contribution in [2.24, 2.45) is 5.73 Å². The maximum Gasteiger partial charge on any atom is 0.190 e. The third-order valence-corrected chi connectivity index (χ3v) is 7.73. The largest absolute Gasteiger partial charge is 0.378 e. The average Bonchev–Trinajstić information content (AvgIpc) is 2.52. The number of carbonyl (C=O) groups excluding carboxylic acids is 1. The molecule has 0 aliphatic rings. The van der Waals surface area contributed by atoms with Crippen molar-refractivity contribution in [2.45, 2.75) is 86.0 Å². The highest BCUT2D eigenvalue weighted by molar-refractivity contribution is 8.13. The summed E-state index contributed by atoms with van der Waals surface area (Å²) in [6.07, 6.45) is 0.429. The Morgan fingerprint density at radius 2 is 1.37 bits per heavy atom. The van der Waals surface area contributed by atoms with E-state index in [9.17, 15) is 4.79 Å². The van der Waals surface area contributed by atoms with Gasteiger partial charge >= 0.3 is 0 Å². The number of carbonyl (C=O) groups is 1. The Morgan fingerprint density at radius 3 is 1.78 bits per heavy atom. The number of rotatable bonds is 15. The molecular weight excluding hydrogens is 381 g/mol. The van der Waals surface area contributed by atoms with Crippen LogP contribution in [0.5, 0.6) is 0 Å². The standard InChI is InChI=1S/C19H42N3O3PS/c1-15(2)21(16(3)4)26(22(17(5)6)18(7)8)25-12-11-24-13-14-27-19(23)9-10-20/h15-18H,9-14,20H2,1-8H3. The van der Waals surface area contributed by atoms with E-state index in [-0.39, 0.29) is 5.12 Å². The molecule has 6 nitrogen and oxygen atoms in total. The molecular formula is C19H42N3O3PS. The molecule has 0 aromatic rings. The van der Waals surface area contributed by atoms with Gasteiger partial charge in [0.1, 0.15) is 0 Å². The minimum atomic E-state index is -0.872. The summed E-state index contributed by atoms with van der Waals surface area (Å²) < 4.78 is 17.0. The lowest BCUT2D eigenvalue weighted by Gasteiger charge is -2.45. The van der Waals surface area contributed by atoms with Gasteiger partial charge in [-0.15, -0.1) is 0 Å². The van der Waals surface area contributed by atoms with Gasteiger partial charge in [-0.3, -0.25) is 4.79 Å². The van der Waals surface area contributed by atoms with Gasteiger partial charge in [-0.2, -0.15) is 0 Å². The molecule has 0 saturated carbocycles. The Labute approximate surface area is 172 Å². The van der Waals surface area contributed by atoms with Crippen molar-refractivity contribution >= 4 is 25.3 Å². The lowest BCUT2D eigenvalue weighted by Crippen LogP contribution is -2.43. The first-order chi connectivity index (χ1) is 12.6. The maximum absolute atomic E-state index is 11.4. The Bertz CT molecular complexity index is 362. The molecule has 0 aromatic carbocycles. The lowest BCUT2D eigenvalue weighted by molar-refractivity contribution is -0.110. The summed E-state index contributed by atoms with van der Waals surface area (Å²) >= 11 is 1.29. The molecule has 8 heteroatoms. The monoisotopic (exact) mass is 423 g/mol. The maximum atomic E-state index is 11.4. The minimum Gasteiger partial charge on any atom is -0.378 e. The third kappa shape index (κ3) is 11.1. The number of hydrogen-bond acceptors (Lipinski definition) is 7. The van der Waals surface area contributed by atoms with Crippen LogP contribution < -0.4 is 5.73 Å². The van der Waals surface area contributed by atoms with Crippen LogP contribution >= 0.6 is 20.2 Å². The van der Waals surface area contributed by atoms with Crippen LogP contribution in [-0.2, 0) is 14.1 Å². The molecule has 0 unspecified atom stereocenters. The molecule has 0 saturated heterocycles. The van der Waals surface area contributed by atoms with Crippen LogP contribution in [0.2, 0.25) is 0 Å². The molecule has 0 aliphatic carbocycles. The number of thioether (sulfide) groups is 1. The Hall–Kier alpha value is 0.250. The molecule has 162 valence electrons. The van der Waals surface area contributed by atoms with Crippen LogP contribution in [0.3, 0.4) is 0 Å². The highest BCUT2D eigenvalue weighted by atomic mass is 32.2. The summed E-state index contributed by atoms with van der Waals surface area (Å²) in [5, 5.41) is 0.134. The predicted molar refractivity (Wildman–Crippen MR) is 119 cm³/mol. The van der Waals surface area contributed by atoms with Gasteiger partial charge in [0.25, 0.3) is 0 Å². The Morgan fingerprint density at radius 1 is 0.889 bits per heavy atom. The van der Waals surface area contributed by atoms with Crippen molar-refractivity contribution in [1.82, 2.24) is 9.34 Å². The van der Waals surface area contributed by atoms with E-state index < -0.39 is 8.45 Å². The van der Waals surface area contributed by atoms with E-state index in [1.54, 1.807) is 0 Å². The molecule has 0 rings (SSSR count). The fraction of sp³-hybridized carbons (Fsp3) is 0.947. The highest BCUT2D eigenvalue weighted by Gasteiger charge is 2.34. The molecule has 0 atom stereocenters. The Balaban J connectivity index is 4.63. The molecule has 0 aromatic heterocycles. The SMILES string of the molecule is CC(C)N(C(C)C)P(OCCOCCSC(=O)CCN)N(C(C)C)C(C)C. The van der Waals surface area contributed by atoms with Crippen LogP contribution in [0.15, 0.2) is 0 Å². The van der Waals surface area contributed by atoms with Crippen molar-refractivity contribution < 1.29 is 14.1 Å². The zero-order valence-corrected chi connectivity index (χ0v) is 20.3. The predicted octanol–water partition coefficient (Wildman–Crippen LogP) is 4.09. The zero-order valence-electron chi connectivity index (χ0n) is 18.6. The normalized spacial score (nSPS) is 12.7. The lowest BCUT2D eigenvalue weighted by atomic mass is 10.3. The number of hydrogen-bond donors (Lipinski definition) is 1. The quantitative estimate of drug-likeness (QED) is 0.314. The summed E-state index contributed by atoms with van der Waals surface area (Å²) in [5.41, 5.74) is 5.37. The molecule has 0 amide bonds. The van der Waals surface area contributed by atoms with Crippen molar-refractivity contribution in [3.8, 4) is 0 Å². The molecule has 0 bridgehead atoms. The summed E-state index contributed by atoms with van der Waals surface area (Å²) in [6.45, 7) is 19.9. The molecule has 2 N–H and O–H groups in total. The number of nitrogens with zero attached hydrogens (tertiary/aromatic N) is 2. The van der Waals surface area contributed by atoms with Crippen LogP contribution in [0.25, 0.3) is 0 Å². The van der Waals surface area contributed by atoms with Crippen molar-refractivity contribution in [1.29, 1.82) is 0 Å². The molecule has 0 aliphatic heterocycles. The van der Waals surface area contributed by atoms with E-state index in [4.69, 9.17) is 15.0 Å². The zero-order chi connectivity index (χ0) is 21.0. The van der Waals surface area contributed by atoms with Crippen molar-refractivity contribution in [3.05, 3.63) is 0 Å². The van der Waals surface area contributed by atoms with E-state index in [0.29, 0.717) is 62.7 Å².